The van der Waals surface area contributed by atoms with Gasteiger partial charge in [0.25, 0.3) is 0 Å². The first-order valence-corrected chi connectivity index (χ1v) is 5.03. The van der Waals surface area contributed by atoms with Crippen molar-refractivity contribution in [2.24, 2.45) is 0 Å². The Morgan fingerprint density at radius 3 is 2.93 bits per heavy atom. The second-order valence-electron chi connectivity index (χ2n) is 4.18. The minimum Gasteiger partial charge on any atom is -0.437 e. The summed E-state index contributed by atoms with van der Waals surface area (Å²) in [5, 5.41) is 3.16. The highest BCUT2D eigenvalue weighted by Crippen LogP contribution is 2.42. The molecule has 0 aromatic carbocycles. The van der Waals surface area contributed by atoms with E-state index in [0.717, 1.165) is 18.8 Å². The molecule has 1 aromatic rings. The Morgan fingerprint density at radius 2 is 2.40 bits per heavy atom. The Kier molecular flexibility index (Phi) is 1.62. The zero-order valence-corrected chi connectivity index (χ0v) is 8.49. The minimum atomic E-state index is -0.364. The van der Waals surface area contributed by atoms with E-state index in [2.05, 4.69) is 10.3 Å². The highest BCUT2D eigenvalue weighted by molar-refractivity contribution is 5.72. The number of hydrogen-bond donors (Lipinski definition) is 2. The second kappa shape index (κ2) is 2.76. The molecule has 2 aliphatic heterocycles. The van der Waals surface area contributed by atoms with Crippen molar-refractivity contribution in [2.45, 2.75) is 11.6 Å². The Hall–Kier alpha value is -1.49. The number of carbonyl (C=O) groups excluding carboxylic acids is 1. The van der Waals surface area contributed by atoms with E-state index in [1.807, 2.05) is 18.3 Å². The fourth-order valence-corrected chi connectivity index (χ4v) is 2.40. The van der Waals surface area contributed by atoms with Crippen LogP contribution in [-0.4, -0.2) is 41.7 Å². The molecule has 0 aliphatic carbocycles. The molecule has 15 heavy (non-hydrogen) atoms. The molecule has 5 nitrogen and oxygen atoms in total. The quantitative estimate of drug-likeness (QED) is 0.704. The highest BCUT2D eigenvalue weighted by Gasteiger charge is 2.57. The van der Waals surface area contributed by atoms with Gasteiger partial charge in [0.1, 0.15) is 6.04 Å². The summed E-state index contributed by atoms with van der Waals surface area (Å²) in [6, 6.07) is 3.93. The number of hydrogen-bond acceptors (Lipinski definition) is 3. The van der Waals surface area contributed by atoms with Crippen molar-refractivity contribution in [2.75, 3.05) is 20.1 Å². The molecule has 0 saturated carbocycles. The third kappa shape index (κ3) is 1.04. The summed E-state index contributed by atoms with van der Waals surface area (Å²) in [7, 11) is 1.78. The predicted molar refractivity (Wildman–Crippen MR) is 53.4 cm³/mol. The van der Waals surface area contributed by atoms with Crippen molar-refractivity contribution >= 4 is 6.09 Å². The van der Waals surface area contributed by atoms with Crippen LogP contribution < -0.4 is 5.32 Å². The van der Waals surface area contributed by atoms with Crippen LogP contribution in [0.1, 0.15) is 11.7 Å². The first-order chi connectivity index (χ1) is 7.23. The van der Waals surface area contributed by atoms with Crippen molar-refractivity contribution in [3.63, 3.8) is 0 Å². The fraction of sp³-hybridized carbons (Fsp3) is 0.500. The molecular formula is C10H13N3O2. The van der Waals surface area contributed by atoms with Gasteiger partial charge in [-0.3, -0.25) is 4.90 Å². The number of aromatic amines is 1. The van der Waals surface area contributed by atoms with E-state index in [-0.39, 0.29) is 17.7 Å². The Bertz CT molecular complexity index is 383. The van der Waals surface area contributed by atoms with Crippen molar-refractivity contribution in [1.82, 2.24) is 15.2 Å². The van der Waals surface area contributed by atoms with Crippen molar-refractivity contribution in [1.29, 1.82) is 0 Å². The van der Waals surface area contributed by atoms with Crippen LogP contribution in [0.3, 0.4) is 0 Å². The molecule has 2 fully saturated rings. The third-order valence-electron chi connectivity index (χ3n) is 3.23. The molecule has 1 aromatic heterocycles. The standard InChI is InChI=1S/C10H13N3O2/c1-13-8(7-3-2-4-12-7)10(5-11-6-10)15-9(13)14/h2-4,8,11-12H,5-6H2,1H3/t8-/m1/s1. The van der Waals surface area contributed by atoms with Gasteiger partial charge in [0.15, 0.2) is 5.60 Å². The molecule has 0 bridgehead atoms. The number of ether oxygens (including phenoxy) is 1. The molecule has 3 heterocycles. The lowest BCUT2D eigenvalue weighted by Crippen LogP contribution is -2.62. The van der Waals surface area contributed by atoms with Crippen molar-refractivity contribution in [3.05, 3.63) is 24.0 Å². The molecule has 2 N–H and O–H groups in total. The lowest BCUT2D eigenvalue weighted by atomic mass is 9.86. The second-order valence-corrected chi connectivity index (χ2v) is 4.18. The summed E-state index contributed by atoms with van der Waals surface area (Å²) in [4.78, 5) is 16.4. The Morgan fingerprint density at radius 1 is 1.60 bits per heavy atom. The molecule has 2 saturated heterocycles. The zero-order valence-electron chi connectivity index (χ0n) is 8.49. The lowest BCUT2D eigenvalue weighted by molar-refractivity contribution is -0.0119. The molecule has 1 spiro atoms. The maximum atomic E-state index is 11.6. The fourth-order valence-electron chi connectivity index (χ4n) is 2.40. The normalized spacial score (nSPS) is 27.9. The van der Waals surface area contributed by atoms with E-state index in [0.29, 0.717) is 0 Å². The van der Waals surface area contributed by atoms with Crippen LogP contribution in [0.4, 0.5) is 4.79 Å². The summed E-state index contributed by atoms with van der Waals surface area (Å²) in [5.41, 5.74) is 0.668. The monoisotopic (exact) mass is 207 g/mol. The zero-order chi connectivity index (χ0) is 10.5. The molecule has 0 radical (unpaired) electrons. The van der Waals surface area contributed by atoms with Crippen molar-refractivity contribution in [3.8, 4) is 0 Å². The van der Waals surface area contributed by atoms with E-state index in [9.17, 15) is 4.79 Å². The summed E-state index contributed by atoms with van der Waals surface area (Å²) >= 11 is 0. The van der Waals surface area contributed by atoms with Crippen LogP contribution in [0.2, 0.25) is 0 Å². The van der Waals surface area contributed by atoms with Gasteiger partial charge in [0.05, 0.1) is 0 Å². The van der Waals surface area contributed by atoms with Gasteiger partial charge in [0, 0.05) is 32.0 Å². The van der Waals surface area contributed by atoms with E-state index in [1.165, 1.54) is 0 Å². The SMILES string of the molecule is CN1C(=O)OC2(CNC2)[C@H]1c1ccc[nH]1. The van der Waals surface area contributed by atoms with Gasteiger partial charge in [-0.2, -0.15) is 0 Å². The van der Waals surface area contributed by atoms with E-state index in [4.69, 9.17) is 4.74 Å². The number of amides is 1. The van der Waals surface area contributed by atoms with Gasteiger partial charge in [-0.1, -0.05) is 0 Å². The number of nitrogens with one attached hydrogen (secondary N) is 2. The summed E-state index contributed by atoms with van der Waals surface area (Å²) in [6.07, 6.45) is 1.63. The molecule has 5 heteroatoms. The van der Waals surface area contributed by atoms with Gasteiger partial charge < -0.3 is 15.0 Å². The molecule has 0 unspecified atom stereocenters. The van der Waals surface area contributed by atoms with Gasteiger partial charge >= 0.3 is 6.09 Å². The maximum Gasteiger partial charge on any atom is 0.410 e. The third-order valence-corrected chi connectivity index (χ3v) is 3.23. The van der Waals surface area contributed by atoms with E-state index >= 15 is 0 Å². The molecule has 2 aliphatic rings. The number of rotatable bonds is 1. The average Bonchev–Trinajstić information content (AvgIpc) is 2.72. The Labute approximate surface area is 87.4 Å². The van der Waals surface area contributed by atoms with Crippen LogP contribution in [0.15, 0.2) is 18.3 Å². The minimum absolute atomic E-state index is 0.00116. The molecule has 1 amide bonds. The summed E-state index contributed by atoms with van der Waals surface area (Å²) in [6.45, 7) is 1.46. The first kappa shape index (κ1) is 8.79. The number of H-pyrrole nitrogens is 1. The summed E-state index contributed by atoms with van der Waals surface area (Å²) < 4.78 is 5.44. The van der Waals surface area contributed by atoms with Gasteiger partial charge in [-0.25, -0.2) is 4.79 Å². The van der Waals surface area contributed by atoms with Crippen LogP contribution in [-0.2, 0) is 4.74 Å². The van der Waals surface area contributed by atoms with Crippen LogP contribution in [0.25, 0.3) is 0 Å². The van der Waals surface area contributed by atoms with Crippen LogP contribution in [0.5, 0.6) is 0 Å². The van der Waals surface area contributed by atoms with Gasteiger partial charge in [-0.05, 0) is 12.1 Å². The van der Waals surface area contributed by atoms with Crippen molar-refractivity contribution < 1.29 is 9.53 Å². The first-order valence-electron chi connectivity index (χ1n) is 5.03. The van der Waals surface area contributed by atoms with E-state index < -0.39 is 0 Å². The predicted octanol–water partition coefficient (Wildman–Crippen LogP) is 0.480. The van der Waals surface area contributed by atoms with Gasteiger partial charge in [0.2, 0.25) is 0 Å². The molecule has 80 valence electrons. The average molecular weight is 207 g/mol. The lowest BCUT2D eigenvalue weighted by Gasteiger charge is -2.41. The molecular weight excluding hydrogens is 194 g/mol. The van der Waals surface area contributed by atoms with E-state index in [1.54, 1.807) is 11.9 Å². The van der Waals surface area contributed by atoms with Crippen LogP contribution >= 0.6 is 0 Å². The molecule has 3 rings (SSSR count). The number of aromatic nitrogens is 1. The topological polar surface area (TPSA) is 57.4 Å². The maximum absolute atomic E-state index is 11.6. The number of likely N-dealkylation sites (N-methyl/N-ethyl adjacent to an activating group) is 1. The molecule has 1 atom stereocenters. The smallest absolute Gasteiger partial charge is 0.410 e. The largest absolute Gasteiger partial charge is 0.437 e. The van der Waals surface area contributed by atoms with Crippen LogP contribution in [0, 0.1) is 0 Å². The summed E-state index contributed by atoms with van der Waals surface area (Å²) in [5.74, 6) is 0. The Balaban J connectivity index is 2.00. The highest BCUT2D eigenvalue weighted by atomic mass is 16.6. The van der Waals surface area contributed by atoms with Gasteiger partial charge in [-0.15, -0.1) is 0 Å². The number of carbonyl (C=O) groups is 1. The number of nitrogens with zero attached hydrogens (tertiary/aromatic N) is 1.